The van der Waals surface area contributed by atoms with E-state index in [0.717, 1.165) is 63.4 Å². The molecule has 1 aromatic heterocycles. The molecule has 2 N–H and O–H groups in total. The summed E-state index contributed by atoms with van der Waals surface area (Å²) in [6, 6.07) is 0. The summed E-state index contributed by atoms with van der Waals surface area (Å²) in [4.78, 5) is 20.9. The second-order valence-corrected chi connectivity index (χ2v) is 4.83. The molecule has 1 saturated heterocycles. The third-order valence-corrected chi connectivity index (χ3v) is 3.64. The first-order valence-corrected chi connectivity index (χ1v) is 6.37. The quantitative estimate of drug-likeness (QED) is 0.735. The van der Waals surface area contributed by atoms with E-state index in [1.807, 2.05) is 0 Å². The fourth-order valence-corrected chi connectivity index (χ4v) is 2.76. The third kappa shape index (κ3) is 2.25. The maximum absolute atomic E-state index is 11.5. The Hall–Kier alpha value is -1.20. The monoisotopic (exact) mass is 234 g/mol. The smallest absolute Gasteiger partial charge is 0.314 e. The number of H-pyrrole nitrogens is 1. The summed E-state index contributed by atoms with van der Waals surface area (Å²) in [7, 11) is 0. The normalized spacial score (nSPS) is 20.5. The lowest BCUT2D eigenvalue weighted by Gasteiger charge is -2.27. The van der Waals surface area contributed by atoms with Crippen LogP contribution in [0.3, 0.4) is 0 Å². The van der Waals surface area contributed by atoms with Gasteiger partial charge in [0.1, 0.15) is 0 Å². The fourth-order valence-electron chi connectivity index (χ4n) is 2.76. The maximum Gasteiger partial charge on any atom is 0.345 e. The minimum atomic E-state index is -0.184. The Morgan fingerprint density at radius 3 is 2.88 bits per heavy atom. The molecule has 0 spiro atoms. The molecule has 0 aromatic carbocycles. The average molecular weight is 234 g/mol. The van der Waals surface area contributed by atoms with E-state index in [9.17, 15) is 4.79 Å². The number of aryl methyl sites for hydroxylation is 1. The summed E-state index contributed by atoms with van der Waals surface area (Å²) in [6.07, 6.45) is 3.22. The zero-order chi connectivity index (χ0) is 11.7. The van der Waals surface area contributed by atoms with Gasteiger partial charge in [-0.15, -0.1) is 0 Å². The van der Waals surface area contributed by atoms with Gasteiger partial charge in [-0.1, -0.05) is 0 Å². The van der Waals surface area contributed by atoms with Crippen LogP contribution < -0.4 is 11.0 Å². The minimum absolute atomic E-state index is 0.184. The summed E-state index contributed by atoms with van der Waals surface area (Å²) >= 11 is 0. The summed E-state index contributed by atoms with van der Waals surface area (Å²) in [6.45, 7) is 4.98. The lowest BCUT2D eigenvalue weighted by molar-refractivity contribution is 0.230. The highest BCUT2D eigenvalue weighted by Gasteiger charge is 2.20. The van der Waals surface area contributed by atoms with Gasteiger partial charge >= 0.3 is 5.69 Å². The van der Waals surface area contributed by atoms with Crippen LogP contribution >= 0.6 is 0 Å². The zero-order valence-corrected chi connectivity index (χ0v) is 9.96. The van der Waals surface area contributed by atoms with Gasteiger partial charge in [-0.25, -0.2) is 4.79 Å². The summed E-state index contributed by atoms with van der Waals surface area (Å²) in [5.74, 6) is 0. The molecule has 2 aliphatic rings. The van der Waals surface area contributed by atoms with Crippen molar-refractivity contribution < 1.29 is 0 Å². The van der Waals surface area contributed by atoms with Crippen molar-refractivity contribution in [1.29, 1.82) is 0 Å². The molecular formula is C12H18N4O. The largest absolute Gasteiger partial charge is 0.345 e. The van der Waals surface area contributed by atoms with E-state index in [1.165, 1.54) is 5.56 Å². The van der Waals surface area contributed by atoms with Crippen molar-refractivity contribution in [2.24, 2.45) is 0 Å². The Bertz CT molecular complexity index is 462. The van der Waals surface area contributed by atoms with Gasteiger partial charge < -0.3 is 10.3 Å². The van der Waals surface area contributed by atoms with E-state index in [4.69, 9.17) is 0 Å². The molecule has 0 amide bonds. The predicted octanol–water partition coefficient (Wildman–Crippen LogP) is -0.336. The number of fused-ring (bicyclic) bond motifs is 1. The van der Waals surface area contributed by atoms with Gasteiger partial charge in [0, 0.05) is 38.4 Å². The van der Waals surface area contributed by atoms with Crippen LogP contribution in [-0.4, -0.2) is 41.0 Å². The fraction of sp³-hybridized carbons (Fsp3) is 0.667. The first-order chi connectivity index (χ1) is 8.33. The first kappa shape index (κ1) is 10.9. The van der Waals surface area contributed by atoms with Gasteiger partial charge in [0.15, 0.2) is 0 Å². The molecule has 5 heteroatoms. The van der Waals surface area contributed by atoms with Crippen LogP contribution in [0.15, 0.2) is 4.79 Å². The number of aromatic nitrogens is 2. The molecule has 1 aliphatic carbocycles. The van der Waals surface area contributed by atoms with Crippen molar-refractivity contribution in [2.75, 3.05) is 26.2 Å². The van der Waals surface area contributed by atoms with E-state index in [1.54, 1.807) is 0 Å². The maximum atomic E-state index is 11.5. The Kier molecular flexibility index (Phi) is 2.94. The molecule has 0 bridgehead atoms. The highest BCUT2D eigenvalue weighted by Crippen LogP contribution is 2.21. The number of rotatable bonds is 2. The molecular weight excluding hydrogens is 216 g/mol. The first-order valence-electron chi connectivity index (χ1n) is 6.37. The lowest BCUT2D eigenvalue weighted by atomic mass is 10.1. The van der Waals surface area contributed by atoms with E-state index in [-0.39, 0.29) is 5.69 Å². The van der Waals surface area contributed by atoms with E-state index in [0.29, 0.717) is 0 Å². The Morgan fingerprint density at radius 1 is 1.24 bits per heavy atom. The van der Waals surface area contributed by atoms with Crippen LogP contribution in [-0.2, 0) is 19.4 Å². The highest BCUT2D eigenvalue weighted by atomic mass is 16.1. The van der Waals surface area contributed by atoms with Gasteiger partial charge in [0.05, 0.1) is 5.69 Å². The van der Waals surface area contributed by atoms with Gasteiger partial charge in [-0.3, -0.25) is 4.90 Å². The highest BCUT2D eigenvalue weighted by molar-refractivity contribution is 5.28. The van der Waals surface area contributed by atoms with Gasteiger partial charge in [0.25, 0.3) is 0 Å². The van der Waals surface area contributed by atoms with Crippen LogP contribution in [0.4, 0.5) is 0 Å². The van der Waals surface area contributed by atoms with Crippen molar-refractivity contribution in [3.63, 3.8) is 0 Å². The van der Waals surface area contributed by atoms with Gasteiger partial charge in [-0.05, 0) is 24.8 Å². The number of hydrogen-bond donors (Lipinski definition) is 2. The Labute approximate surface area is 100 Å². The van der Waals surface area contributed by atoms with Crippen molar-refractivity contribution >= 4 is 0 Å². The number of hydrogen-bond acceptors (Lipinski definition) is 4. The van der Waals surface area contributed by atoms with Crippen LogP contribution in [0.2, 0.25) is 0 Å². The molecule has 0 unspecified atom stereocenters. The third-order valence-electron chi connectivity index (χ3n) is 3.64. The second-order valence-electron chi connectivity index (χ2n) is 4.83. The molecule has 17 heavy (non-hydrogen) atoms. The van der Waals surface area contributed by atoms with Crippen LogP contribution in [0.1, 0.15) is 23.4 Å². The van der Waals surface area contributed by atoms with E-state index < -0.39 is 0 Å². The zero-order valence-electron chi connectivity index (χ0n) is 9.96. The Morgan fingerprint density at radius 2 is 2.06 bits per heavy atom. The van der Waals surface area contributed by atoms with Crippen molar-refractivity contribution in [3.8, 4) is 0 Å². The molecule has 2 heterocycles. The van der Waals surface area contributed by atoms with Crippen molar-refractivity contribution in [2.45, 2.75) is 25.8 Å². The molecule has 0 saturated carbocycles. The van der Waals surface area contributed by atoms with Gasteiger partial charge in [0.2, 0.25) is 0 Å². The molecule has 0 radical (unpaired) electrons. The SMILES string of the molecule is O=c1nc(CN2CCNCC2)c2c([nH]1)CCC2. The predicted molar refractivity (Wildman–Crippen MR) is 65.0 cm³/mol. The standard InChI is InChI=1S/C12H18N4O/c17-12-14-10-3-1-2-9(10)11(15-12)8-16-6-4-13-5-7-16/h13H,1-8H2,(H,14,15,17). The average Bonchev–Trinajstić information content (AvgIpc) is 2.78. The molecule has 0 atom stereocenters. The number of nitrogens with one attached hydrogen (secondary N) is 2. The number of aromatic amines is 1. The van der Waals surface area contributed by atoms with Crippen LogP contribution in [0, 0.1) is 0 Å². The van der Waals surface area contributed by atoms with E-state index >= 15 is 0 Å². The molecule has 3 rings (SSSR count). The Balaban J connectivity index is 1.84. The summed E-state index contributed by atoms with van der Waals surface area (Å²) < 4.78 is 0. The van der Waals surface area contributed by atoms with Crippen molar-refractivity contribution in [1.82, 2.24) is 20.2 Å². The molecule has 1 aromatic rings. The van der Waals surface area contributed by atoms with Crippen LogP contribution in [0.5, 0.6) is 0 Å². The lowest BCUT2D eigenvalue weighted by Crippen LogP contribution is -2.43. The molecule has 1 fully saturated rings. The van der Waals surface area contributed by atoms with Gasteiger partial charge in [-0.2, -0.15) is 4.98 Å². The molecule has 5 nitrogen and oxygen atoms in total. The summed E-state index contributed by atoms with van der Waals surface area (Å²) in [5, 5.41) is 3.33. The number of nitrogens with zero attached hydrogens (tertiary/aromatic N) is 2. The van der Waals surface area contributed by atoms with Crippen molar-refractivity contribution in [3.05, 3.63) is 27.4 Å². The second kappa shape index (κ2) is 4.58. The summed E-state index contributed by atoms with van der Waals surface area (Å²) in [5.41, 5.74) is 3.23. The molecule has 92 valence electrons. The number of piperazine rings is 1. The topological polar surface area (TPSA) is 61.0 Å². The minimum Gasteiger partial charge on any atom is -0.314 e. The van der Waals surface area contributed by atoms with E-state index in [2.05, 4.69) is 20.2 Å². The van der Waals surface area contributed by atoms with Crippen LogP contribution in [0.25, 0.3) is 0 Å². The molecule has 1 aliphatic heterocycles.